The van der Waals surface area contributed by atoms with E-state index in [1.54, 1.807) is 10.9 Å². The number of hydrogen-bond donors (Lipinski definition) is 1. The van der Waals surface area contributed by atoms with Crippen LogP contribution in [-0.4, -0.2) is 60.0 Å². The molecule has 0 unspecified atom stereocenters. The molecular weight excluding hydrogens is 316 g/mol. The monoisotopic (exact) mass is 336 g/mol. The maximum Gasteiger partial charge on any atom is 0.241 e. The van der Waals surface area contributed by atoms with E-state index < -0.39 is 0 Å². The molecule has 0 bridgehead atoms. The predicted molar refractivity (Wildman–Crippen MR) is 89.6 cm³/mol. The molecule has 0 radical (unpaired) electrons. The van der Waals surface area contributed by atoms with Crippen LogP contribution in [0, 0.1) is 0 Å². The molecule has 124 valence electrons. The Kier molecular flexibility index (Phi) is 5.48. The van der Waals surface area contributed by atoms with Gasteiger partial charge >= 0.3 is 0 Å². The molecule has 3 rings (SSSR count). The summed E-state index contributed by atoms with van der Waals surface area (Å²) < 4.78 is 7.00. The Balaban J connectivity index is 1.44. The van der Waals surface area contributed by atoms with E-state index in [-0.39, 0.29) is 12.5 Å². The molecule has 1 aromatic heterocycles. The number of carbonyl (C=O) groups excluding carboxylic acids is 1. The standard InChI is InChI=1S/C16H21ClN4O2/c17-14-3-2-13-11-19-21(15(13)10-14)12-16(22)18-4-1-5-20-6-8-23-9-7-20/h2-3,10-11H,1,4-9,12H2,(H,18,22). The zero-order valence-corrected chi connectivity index (χ0v) is 13.8. The summed E-state index contributed by atoms with van der Waals surface area (Å²) in [5.41, 5.74) is 0.876. The molecule has 1 amide bonds. The topological polar surface area (TPSA) is 59.4 Å². The summed E-state index contributed by atoms with van der Waals surface area (Å²) in [4.78, 5) is 14.4. The molecule has 0 saturated carbocycles. The average Bonchev–Trinajstić information content (AvgIpc) is 2.95. The fraction of sp³-hybridized carbons (Fsp3) is 0.500. The minimum atomic E-state index is -0.0306. The molecule has 1 aliphatic rings. The number of nitrogens with zero attached hydrogens (tertiary/aromatic N) is 3. The summed E-state index contributed by atoms with van der Waals surface area (Å²) in [6.07, 6.45) is 2.69. The number of hydrogen-bond acceptors (Lipinski definition) is 4. The third-order valence-corrected chi connectivity index (χ3v) is 4.21. The lowest BCUT2D eigenvalue weighted by Crippen LogP contribution is -2.38. The average molecular weight is 337 g/mol. The number of ether oxygens (including phenoxy) is 1. The Morgan fingerprint density at radius 3 is 3.00 bits per heavy atom. The van der Waals surface area contributed by atoms with E-state index in [0.717, 1.165) is 50.2 Å². The van der Waals surface area contributed by atoms with E-state index in [2.05, 4.69) is 15.3 Å². The quantitative estimate of drug-likeness (QED) is 0.813. The number of amides is 1. The zero-order valence-electron chi connectivity index (χ0n) is 13.0. The van der Waals surface area contributed by atoms with Crippen molar-refractivity contribution in [1.82, 2.24) is 20.0 Å². The fourth-order valence-corrected chi connectivity index (χ4v) is 2.88. The fourth-order valence-electron chi connectivity index (χ4n) is 2.72. The van der Waals surface area contributed by atoms with Gasteiger partial charge in [0.15, 0.2) is 0 Å². The SMILES string of the molecule is O=C(Cn1ncc2ccc(Cl)cc21)NCCCN1CCOCC1. The van der Waals surface area contributed by atoms with Crippen molar-refractivity contribution in [2.24, 2.45) is 0 Å². The maximum atomic E-state index is 12.1. The van der Waals surface area contributed by atoms with E-state index in [4.69, 9.17) is 16.3 Å². The van der Waals surface area contributed by atoms with Crippen LogP contribution in [0.1, 0.15) is 6.42 Å². The van der Waals surface area contributed by atoms with Gasteiger partial charge in [0.1, 0.15) is 6.54 Å². The summed E-state index contributed by atoms with van der Waals surface area (Å²) in [6, 6.07) is 5.55. The van der Waals surface area contributed by atoms with Crippen LogP contribution < -0.4 is 5.32 Å². The normalized spacial score (nSPS) is 15.9. The number of carbonyl (C=O) groups is 1. The van der Waals surface area contributed by atoms with Gasteiger partial charge in [-0.25, -0.2) is 0 Å². The van der Waals surface area contributed by atoms with E-state index >= 15 is 0 Å². The largest absolute Gasteiger partial charge is 0.379 e. The van der Waals surface area contributed by atoms with Crippen LogP contribution in [0.4, 0.5) is 0 Å². The number of aromatic nitrogens is 2. The summed E-state index contributed by atoms with van der Waals surface area (Å²) in [7, 11) is 0. The van der Waals surface area contributed by atoms with Gasteiger partial charge in [-0.1, -0.05) is 11.6 Å². The molecule has 1 aromatic carbocycles. The van der Waals surface area contributed by atoms with Crippen LogP contribution in [0.2, 0.25) is 5.02 Å². The van der Waals surface area contributed by atoms with Crippen LogP contribution in [0.3, 0.4) is 0 Å². The van der Waals surface area contributed by atoms with Crippen molar-refractivity contribution in [3.05, 3.63) is 29.4 Å². The van der Waals surface area contributed by atoms with E-state index in [0.29, 0.717) is 11.6 Å². The van der Waals surface area contributed by atoms with Crippen LogP contribution in [0.5, 0.6) is 0 Å². The van der Waals surface area contributed by atoms with Crippen molar-refractivity contribution in [3.63, 3.8) is 0 Å². The molecule has 23 heavy (non-hydrogen) atoms. The minimum absolute atomic E-state index is 0.0306. The maximum absolute atomic E-state index is 12.1. The summed E-state index contributed by atoms with van der Waals surface area (Å²) in [5, 5.41) is 8.83. The third kappa shape index (κ3) is 4.43. The van der Waals surface area contributed by atoms with Crippen LogP contribution in [0.25, 0.3) is 10.9 Å². The summed E-state index contributed by atoms with van der Waals surface area (Å²) in [5.74, 6) is -0.0306. The van der Waals surface area contributed by atoms with Gasteiger partial charge in [-0.05, 0) is 31.2 Å². The van der Waals surface area contributed by atoms with Crippen molar-refractivity contribution in [3.8, 4) is 0 Å². The molecule has 1 N–H and O–H groups in total. The number of nitrogens with one attached hydrogen (secondary N) is 1. The number of morpholine rings is 1. The van der Waals surface area contributed by atoms with Crippen LogP contribution >= 0.6 is 11.6 Å². The lowest BCUT2D eigenvalue weighted by atomic mass is 10.2. The van der Waals surface area contributed by atoms with Gasteiger partial charge in [0.05, 0.1) is 24.9 Å². The lowest BCUT2D eigenvalue weighted by molar-refractivity contribution is -0.121. The Hall–Kier alpha value is -1.63. The number of halogens is 1. The van der Waals surface area contributed by atoms with Gasteiger partial charge in [-0.2, -0.15) is 5.10 Å². The number of benzene rings is 1. The van der Waals surface area contributed by atoms with E-state index in [1.807, 2.05) is 18.2 Å². The summed E-state index contributed by atoms with van der Waals surface area (Å²) in [6.45, 7) is 5.45. The highest BCUT2D eigenvalue weighted by atomic mass is 35.5. The first-order valence-electron chi connectivity index (χ1n) is 7.90. The lowest BCUT2D eigenvalue weighted by Gasteiger charge is -2.26. The Bertz CT molecular complexity index is 667. The van der Waals surface area contributed by atoms with Crippen molar-refractivity contribution < 1.29 is 9.53 Å². The highest BCUT2D eigenvalue weighted by molar-refractivity contribution is 6.31. The second kappa shape index (κ2) is 7.77. The predicted octanol–water partition coefficient (Wildman–Crippen LogP) is 1.53. The zero-order chi connectivity index (χ0) is 16.1. The van der Waals surface area contributed by atoms with Crippen LogP contribution in [-0.2, 0) is 16.1 Å². The Morgan fingerprint density at radius 2 is 2.17 bits per heavy atom. The minimum Gasteiger partial charge on any atom is -0.379 e. The molecular formula is C16H21ClN4O2. The highest BCUT2D eigenvalue weighted by Gasteiger charge is 2.10. The van der Waals surface area contributed by atoms with Gasteiger partial charge in [-0.15, -0.1) is 0 Å². The first kappa shape index (κ1) is 16.2. The molecule has 0 aliphatic carbocycles. The Labute approximate surface area is 140 Å². The molecule has 1 aliphatic heterocycles. The van der Waals surface area contributed by atoms with Crippen molar-refractivity contribution in [1.29, 1.82) is 0 Å². The van der Waals surface area contributed by atoms with Gasteiger partial charge in [0, 0.05) is 30.0 Å². The first-order valence-corrected chi connectivity index (χ1v) is 8.28. The first-order chi connectivity index (χ1) is 11.2. The molecule has 6 nitrogen and oxygen atoms in total. The second-order valence-electron chi connectivity index (χ2n) is 5.66. The van der Waals surface area contributed by atoms with Crippen molar-refractivity contribution in [2.75, 3.05) is 39.4 Å². The van der Waals surface area contributed by atoms with Crippen LogP contribution in [0.15, 0.2) is 24.4 Å². The molecule has 2 heterocycles. The van der Waals surface area contributed by atoms with Gasteiger partial charge in [0.2, 0.25) is 5.91 Å². The molecule has 0 spiro atoms. The van der Waals surface area contributed by atoms with E-state index in [1.165, 1.54) is 0 Å². The van der Waals surface area contributed by atoms with Gasteiger partial charge in [-0.3, -0.25) is 14.4 Å². The van der Waals surface area contributed by atoms with E-state index in [9.17, 15) is 4.79 Å². The van der Waals surface area contributed by atoms with Crippen molar-refractivity contribution >= 4 is 28.4 Å². The van der Waals surface area contributed by atoms with Gasteiger partial charge in [0.25, 0.3) is 0 Å². The Morgan fingerprint density at radius 1 is 1.35 bits per heavy atom. The number of fused-ring (bicyclic) bond motifs is 1. The molecule has 1 saturated heterocycles. The highest BCUT2D eigenvalue weighted by Crippen LogP contribution is 2.18. The smallest absolute Gasteiger partial charge is 0.241 e. The molecule has 0 atom stereocenters. The van der Waals surface area contributed by atoms with Crippen molar-refractivity contribution in [2.45, 2.75) is 13.0 Å². The second-order valence-corrected chi connectivity index (χ2v) is 6.10. The van der Waals surface area contributed by atoms with Gasteiger partial charge < -0.3 is 10.1 Å². The number of rotatable bonds is 6. The molecule has 7 heteroatoms. The third-order valence-electron chi connectivity index (χ3n) is 3.98. The summed E-state index contributed by atoms with van der Waals surface area (Å²) >= 11 is 6.01. The molecule has 1 fully saturated rings. The molecule has 2 aromatic rings.